The summed E-state index contributed by atoms with van der Waals surface area (Å²) in [5, 5.41) is 0. The van der Waals surface area contributed by atoms with Crippen LogP contribution in [0.25, 0.3) is 0 Å². The van der Waals surface area contributed by atoms with E-state index in [1.54, 1.807) is 0 Å². The summed E-state index contributed by atoms with van der Waals surface area (Å²) in [6.45, 7) is 5.98. The van der Waals surface area contributed by atoms with Crippen LogP contribution in [0.15, 0.2) is 0 Å². The van der Waals surface area contributed by atoms with Gasteiger partial charge in [-0.1, -0.05) is 32.6 Å². The van der Waals surface area contributed by atoms with Crippen LogP contribution in [0.4, 0.5) is 0 Å². The van der Waals surface area contributed by atoms with Crippen molar-refractivity contribution in [2.75, 3.05) is 0 Å². The van der Waals surface area contributed by atoms with E-state index in [2.05, 4.69) is 13.8 Å². The van der Waals surface area contributed by atoms with Crippen molar-refractivity contribution < 1.29 is 51.4 Å². The summed E-state index contributed by atoms with van der Waals surface area (Å²) < 4.78 is 0. The SMILES string of the molecule is [CH2-]CCCCCC.[K+]. The van der Waals surface area contributed by atoms with E-state index in [0.717, 1.165) is 6.42 Å². The van der Waals surface area contributed by atoms with Crippen LogP contribution in [0.5, 0.6) is 0 Å². The summed E-state index contributed by atoms with van der Waals surface area (Å²) in [7, 11) is 0. The maximum absolute atomic E-state index is 3.76. The number of unbranched alkanes of at least 4 members (excludes halogenated alkanes) is 4. The van der Waals surface area contributed by atoms with Crippen LogP contribution in [-0.4, -0.2) is 0 Å². The molecule has 0 amide bonds. The maximum Gasteiger partial charge on any atom is 1.00 e. The molecular weight excluding hydrogens is 123 g/mol. The Hall–Kier alpha value is 1.64. The first-order valence-corrected chi connectivity index (χ1v) is 3.21. The summed E-state index contributed by atoms with van der Waals surface area (Å²) >= 11 is 0. The molecule has 0 aromatic heterocycles. The summed E-state index contributed by atoms with van der Waals surface area (Å²) in [6.07, 6.45) is 6.52. The molecule has 0 bridgehead atoms. The Morgan fingerprint density at radius 1 is 1.12 bits per heavy atom. The van der Waals surface area contributed by atoms with Crippen molar-refractivity contribution in [1.29, 1.82) is 0 Å². The van der Waals surface area contributed by atoms with Gasteiger partial charge in [-0.2, -0.15) is 6.42 Å². The largest absolute Gasteiger partial charge is 1.00 e. The molecule has 0 aliphatic heterocycles. The van der Waals surface area contributed by atoms with Crippen LogP contribution in [0, 0.1) is 6.92 Å². The zero-order valence-electron chi connectivity index (χ0n) is 6.24. The van der Waals surface area contributed by atoms with E-state index in [9.17, 15) is 0 Å². The molecule has 0 fully saturated rings. The standard InChI is InChI=1S/C7H15.K/c1-3-5-7-6-4-2;/h1,3-7H2,2H3;/q-1;+1. The van der Waals surface area contributed by atoms with Gasteiger partial charge in [0.05, 0.1) is 0 Å². The first-order chi connectivity index (χ1) is 3.41. The van der Waals surface area contributed by atoms with Gasteiger partial charge in [-0.05, 0) is 0 Å². The third kappa shape index (κ3) is 10.6. The van der Waals surface area contributed by atoms with Crippen LogP contribution in [0.1, 0.15) is 39.0 Å². The van der Waals surface area contributed by atoms with Gasteiger partial charge in [0.1, 0.15) is 0 Å². The quantitative estimate of drug-likeness (QED) is 0.287. The van der Waals surface area contributed by atoms with E-state index < -0.39 is 0 Å². The zero-order chi connectivity index (χ0) is 5.54. The van der Waals surface area contributed by atoms with Crippen molar-refractivity contribution in [3.05, 3.63) is 6.92 Å². The average Bonchev–Trinajstić information content (AvgIpc) is 1.69. The van der Waals surface area contributed by atoms with E-state index in [1.165, 1.54) is 25.7 Å². The Morgan fingerprint density at radius 2 is 1.75 bits per heavy atom. The second kappa shape index (κ2) is 11.4. The van der Waals surface area contributed by atoms with Crippen molar-refractivity contribution in [2.45, 2.75) is 39.0 Å². The molecule has 0 aromatic rings. The Morgan fingerprint density at radius 3 is 2.12 bits per heavy atom. The smallest absolute Gasteiger partial charge is 0.343 e. The molecule has 0 N–H and O–H groups in total. The molecule has 0 atom stereocenters. The minimum absolute atomic E-state index is 0. The summed E-state index contributed by atoms with van der Waals surface area (Å²) in [4.78, 5) is 0. The Balaban J connectivity index is 0. The Labute approximate surface area is 95.9 Å². The van der Waals surface area contributed by atoms with Gasteiger partial charge in [-0.3, -0.25) is 0 Å². The van der Waals surface area contributed by atoms with E-state index in [1.807, 2.05) is 0 Å². The third-order valence-electron chi connectivity index (χ3n) is 1.10. The van der Waals surface area contributed by atoms with Crippen LogP contribution < -0.4 is 51.4 Å². The van der Waals surface area contributed by atoms with E-state index in [0.29, 0.717) is 0 Å². The molecule has 0 aliphatic carbocycles. The molecule has 0 aromatic carbocycles. The van der Waals surface area contributed by atoms with E-state index >= 15 is 0 Å². The first-order valence-electron chi connectivity index (χ1n) is 3.21. The summed E-state index contributed by atoms with van der Waals surface area (Å²) in [5.41, 5.74) is 0. The zero-order valence-corrected chi connectivity index (χ0v) is 9.37. The van der Waals surface area contributed by atoms with Crippen molar-refractivity contribution in [3.8, 4) is 0 Å². The van der Waals surface area contributed by atoms with Crippen LogP contribution in [-0.2, 0) is 0 Å². The molecule has 0 nitrogen and oxygen atoms in total. The van der Waals surface area contributed by atoms with Crippen LogP contribution in [0.2, 0.25) is 0 Å². The first kappa shape index (κ1) is 12.3. The van der Waals surface area contributed by atoms with Gasteiger partial charge in [0.2, 0.25) is 0 Å². The normalized spacial score (nSPS) is 8.25. The molecule has 0 heterocycles. The molecule has 0 saturated carbocycles. The number of rotatable bonds is 4. The van der Waals surface area contributed by atoms with Gasteiger partial charge >= 0.3 is 51.4 Å². The summed E-state index contributed by atoms with van der Waals surface area (Å²) in [5.74, 6) is 0. The van der Waals surface area contributed by atoms with Crippen molar-refractivity contribution in [1.82, 2.24) is 0 Å². The van der Waals surface area contributed by atoms with E-state index in [-0.39, 0.29) is 51.4 Å². The molecule has 0 radical (unpaired) electrons. The molecule has 8 heavy (non-hydrogen) atoms. The van der Waals surface area contributed by atoms with Crippen LogP contribution in [0.3, 0.4) is 0 Å². The van der Waals surface area contributed by atoms with Gasteiger partial charge in [0, 0.05) is 0 Å². The molecule has 0 unspecified atom stereocenters. The molecule has 0 spiro atoms. The molecule has 0 aliphatic rings. The fourth-order valence-electron chi connectivity index (χ4n) is 0.604. The second-order valence-electron chi connectivity index (χ2n) is 1.91. The van der Waals surface area contributed by atoms with Crippen molar-refractivity contribution in [2.24, 2.45) is 0 Å². The number of hydrogen-bond donors (Lipinski definition) is 0. The Kier molecular flexibility index (Phi) is 17.6. The van der Waals surface area contributed by atoms with E-state index in [4.69, 9.17) is 0 Å². The third-order valence-corrected chi connectivity index (χ3v) is 1.10. The number of hydrogen-bond acceptors (Lipinski definition) is 0. The van der Waals surface area contributed by atoms with Gasteiger partial charge in [-0.25, -0.2) is 0 Å². The predicted octanol–water partition coefficient (Wildman–Crippen LogP) is -0.205. The maximum atomic E-state index is 3.76. The predicted molar refractivity (Wildman–Crippen MR) is 34.1 cm³/mol. The fraction of sp³-hybridized carbons (Fsp3) is 0.857. The minimum Gasteiger partial charge on any atom is -0.343 e. The molecule has 0 saturated heterocycles. The van der Waals surface area contributed by atoms with Gasteiger partial charge in [0.25, 0.3) is 0 Å². The monoisotopic (exact) mass is 138 g/mol. The average molecular weight is 138 g/mol. The van der Waals surface area contributed by atoms with Gasteiger partial charge in [-0.15, -0.1) is 0 Å². The minimum atomic E-state index is 0. The topological polar surface area (TPSA) is 0 Å². The van der Waals surface area contributed by atoms with Crippen molar-refractivity contribution in [3.63, 3.8) is 0 Å². The molecular formula is C7H15K. The van der Waals surface area contributed by atoms with Crippen LogP contribution >= 0.6 is 0 Å². The molecule has 44 valence electrons. The van der Waals surface area contributed by atoms with Gasteiger partial charge < -0.3 is 6.92 Å². The van der Waals surface area contributed by atoms with Gasteiger partial charge in [0.15, 0.2) is 0 Å². The molecule has 0 rings (SSSR count). The van der Waals surface area contributed by atoms with Crippen molar-refractivity contribution >= 4 is 0 Å². The molecule has 1 heteroatoms. The fourth-order valence-corrected chi connectivity index (χ4v) is 0.604. The Bertz CT molecular complexity index is 23.6. The summed E-state index contributed by atoms with van der Waals surface area (Å²) in [6, 6.07) is 0. The second-order valence-corrected chi connectivity index (χ2v) is 1.91.